The molecule has 2 nitrogen and oxygen atoms in total. The summed E-state index contributed by atoms with van der Waals surface area (Å²) in [6.45, 7) is 9.70. The molecule has 0 aliphatic rings. The molecule has 1 aromatic heterocycles. The minimum atomic E-state index is -0.309. The van der Waals surface area contributed by atoms with Crippen LogP contribution < -0.4 is 4.74 Å². The molecule has 0 saturated heterocycles. The Hall–Kier alpha value is -1.90. The normalized spacial score (nSPS) is 12.3. The van der Waals surface area contributed by atoms with Crippen molar-refractivity contribution in [3.63, 3.8) is 0 Å². The zero-order valence-electron chi connectivity index (χ0n) is 21.5. The van der Waals surface area contributed by atoms with Crippen LogP contribution in [0.25, 0.3) is 11.3 Å². The first-order valence-electron chi connectivity index (χ1n) is 13.4. The lowest BCUT2D eigenvalue weighted by Gasteiger charge is -2.13. The van der Waals surface area contributed by atoms with E-state index in [1.54, 1.807) is 12.1 Å². The van der Waals surface area contributed by atoms with Gasteiger partial charge < -0.3 is 4.74 Å². The third-order valence-electron chi connectivity index (χ3n) is 6.37. The van der Waals surface area contributed by atoms with Gasteiger partial charge in [0, 0.05) is 11.8 Å². The van der Waals surface area contributed by atoms with E-state index in [2.05, 4.69) is 38.7 Å². The van der Waals surface area contributed by atoms with Crippen LogP contribution in [0, 0.1) is 17.7 Å². The van der Waals surface area contributed by atoms with Gasteiger partial charge in [-0.05, 0) is 54.5 Å². The van der Waals surface area contributed by atoms with Crippen LogP contribution in [0.4, 0.5) is 4.39 Å². The maximum Gasteiger partial charge on any atom is 0.165 e. The Balaban J connectivity index is 1.75. The number of nitrogens with zero attached hydrogens (tertiary/aromatic N) is 1. The van der Waals surface area contributed by atoms with Gasteiger partial charge in [0.15, 0.2) is 11.6 Å². The summed E-state index contributed by atoms with van der Waals surface area (Å²) in [5, 5.41) is 0. The predicted octanol–water partition coefficient (Wildman–Crippen LogP) is 9.41. The molecule has 1 aromatic carbocycles. The summed E-state index contributed by atoms with van der Waals surface area (Å²) in [4.78, 5) is 4.60. The Bertz CT molecular complexity index is 771. The topological polar surface area (TPSA) is 22.1 Å². The van der Waals surface area contributed by atoms with Crippen molar-refractivity contribution < 1.29 is 9.13 Å². The summed E-state index contributed by atoms with van der Waals surface area (Å²) in [7, 11) is 0. The van der Waals surface area contributed by atoms with Crippen LogP contribution in [-0.2, 0) is 6.42 Å². The molecule has 0 spiro atoms. The molecule has 1 atom stereocenters. The van der Waals surface area contributed by atoms with Gasteiger partial charge in [-0.3, -0.25) is 4.98 Å². The molecule has 0 bridgehead atoms. The van der Waals surface area contributed by atoms with E-state index < -0.39 is 0 Å². The van der Waals surface area contributed by atoms with Gasteiger partial charge in [-0.1, -0.05) is 98.0 Å². The van der Waals surface area contributed by atoms with Crippen LogP contribution in [0.2, 0.25) is 0 Å². The highest BCUT2D eigenvalue weighted by atomic mass is 19.1. The Morgan fingerprint density at radius 1 is 0.848 bits per heavy atom. The van der Waals surface area contributed by atoms with E-state index in [0.29, 0.717) is 18.3 Å². The standard InChI is InChI=1S/C30H46FNO/c1-5-6-7-8-9-10-11-12-20-33-30-19-17-27(22-28(30)31)29-18-16-26(23-32-29)21-25(4)15-13-14-24(2)3/h16-19,22-25H,5-15,20-21H2,1-4H3. The number of pyridine rings is 1. The van der Waals surface area contributed by atoms with E-state index >= 15 is 0 Å². The summed E-state index contributed by atoms with van der Waals surface area (Å²) >= 11 is 0. The summed E-state index contributed by atoms with van der Waals surface area (Å²) in [5.74, 6) is 1.47. The molecule has 0 radical (unpaired) electrons. The van der Waals surface area contributed by atoms with Crippen molar-refractivity contribution in [2.75, 3.05) is 6.61 Å². The van der Waals surface area contributed by atoms with Gasteiger partial charge >= 0.3 is 0 Å². The van der Waals surface area contributed by atoms with Crippen LogP contribution in [-0.4, -0.2) is 11.6 Å². The van der Waals surface area contributed by atoms with Crippen LogP contribution >= 0.6 is 0 Å². The maximum absolute atomic E-state index is 14.6. The fraction of sp³-hybridized carbons (Fsp3) is 0.633. The molecular formula is C30H46FNO. The first kappa shape index (κ1) is 27.3. The molecule has 0 N–H and O–H groups in total. The lowest BCUT2D eigenvalue weighted by molar-refractivity contribution is 0.290. The Morgan fingerprint density at radius 2 is 1.58 bits per heavy atom. The summed E-state index contributed by atoms with van der Waals surface area (Å²) in [6.07, 6.45) is 16.8. The Labute approximate surface area is 202 Å². The van der Waals surface area contributed by atoms with Crippen LogP contribution in [0.15, 0.2) is 36.5 Å². The van der Waals surface area contributed by atoms with E-state index in [9.17, 15) is 4.39 Å². The van der Waals surface area contributed by atoms with Gasteiger partial charge in [-0.2, -0.15) is 0 Å². The molecular weight excluding hydrogens is 409 g/mol. The van der Waals surface area contributed by atoms with Crippen molar-refractivity contribution in [2.24, 2.45) is 11.8 Å². The van der Waals surface area contributed by atoms with E-state index in [0.717, 1.165) is 36.4 Å². The lowest BCUT2D eigenvalue weighted by atomic mass is 9.94. The second-order valence-electron chi connectivity index (χ2n) is 10.2. The first-order valence-corrected chi connectivity index (χ1v) is 13.4. The quantitative estimate of drug-likeness (QED) is 0.222. The van der Waals surface area contributed by atoms with Gasteiger partial charge in [0.2, 0.25) is 0 Å². The van der Waals surface area contributed by atoms with Crippen LogP contribution in [0.3, 0.4) is 0 Å². The molecule has 2 rings (SSSR count). The maximum atomic E-state index is 14.6. The number of unbranched alkanes of at least 4 members (excludes halogenated alkanes) is 7. The number of hydrogen-bond donors (Lipinski definition) is 0. The minimum Gasteiger partial charge on any atom is -0.491 e. The zero-order chi connectivity index (χ0) is 23.9. The SMILES string of the molecule is CCCCCCCCCCOc1ccc(-c2ccc(CC(C)CCCC(C)C)cn2)cc1F. The van der Waals surface area contributed by atoms with Crippen molar-refractivity contribution in [3.05, 3.63) is 47.9 Å². The number of benzene rings is 1. The summed E-state index contributed by atoms with van der Waals surface area (Å²) in [5.41, 5.74) is 2.85. The molecule has 33 heavy (non-hydrogen) atoms. The highest BCUT2D eigenvalue weighted by Crippen LogP contribution is 2.25. The van der Waals surface area contributed by atoms with E-state index in [1.165, 1.54) is 63.4 Å². The average molecular weight is 456 g/mol. The molecule has 3 heteroatoms. The number of rotatable bonds is 17. The van der Waals surface area contributed by atoms with Crippen molar-refractivity contribution in [2.45, 2.75) is 105 Å². The van der Waals surface area contributed by atoms with E-state index in [-0.39, 0.29) is 5.82 Å². The van der Waals surface area contributed by atoms with E-state index in [1.807, 2.05) is 18.3 Å². The molecule has 1 unspecified atom stereocenters. The van der Waals surface area contributed by atoms with Gasteiger partial charge in [-0.25, -0.2) is 4.39 Å². The van der Waals surface area contributed by atoms with Crippen molar-refractivity contribution in [1.29, 1.82) is 0 Å². The van der Waals surface area contributed by atoms with Crippen LogP contribution in [0.5, 0.6) is 5.75 Å². The van der Waals surface area contributed by atoms with Crippen molar-refractivity contribution >= 4 is 0 Å². The van der Waals surface area contributed by atoms with Gasteiger partial charge in [-0.15, -0.1) is 0 Å². The van der Waals surface area contributed by atoms with Gasteiger partial charge in [0.1, 0.15) is 0 Å². The molecule has 1 heterocycles. The lowest BCUT2D eigenvalue weighted by Crippen LogP contribution is -2.02. The second kappa shape index (κ2) is 15.9. The highest BCUT2D eigenvalue weighted by Gasteiger charge is 2.09. The molecule has 0 fully saturated rings. The van der Waals surface area contributed by atoms with Crippen molar-refractivity contribution in [1.82, 2.24) is 4.98 Å². The molecule has 2 aromatic rings. The third-order valence-corrected chi connectivity index (χ3v) is 6.37. The molecule has 0 aliphatic carbocycles. The molecule has 184 valence electrons. The minimum absolute atomic E-state index is 0.309. The number of halogens is 1. The zero-order valence-corrected chi connectivity index (χ0v) is 21.5. The first-order chi connectivity index (χ1) is 16.0. The Kier molecular flexibility index (Phi) is 13.1. The highest BCUT2D eigenvalue weighted by molar-refractivity contribution is 5.60. The van der Waals surface area contributed by atoms with Gasteiger partial charge in [0.25, 0.3) is 0 Å². The second-order valence-corrected chi connectivity index (χ2v) is 10.2. The predicted molar refractivity (Wildman–Crippen MR) is 139 cm³/mol. The Morgan fingerprint density at radius 3 is 2.21 bits per heavy atom. The smallest absolute Gasteiger partial charge is 0.165 e. The number of aromatic nitrogens is 1. The van der Waals surface area contributed by atoms with Gasteiger partial charge in [0.05, 0.1) is 12.3 Å². The largest absolute Gasteiger partial charge is 0.491 e. The summed E-state index contributed by atoms with van der Waals surface area (Å²) in [6, 6.07) is 9.32. The monoisotopic (exact) mass is 455 g/mol. The fourth-order valence-electron chi connectivity index (χ4n) is 4.29. The fourth-order valence-corrected chi connectivity index (χ4v) is 4.29. The third kappa shape index (κ3) is 11.2. The van der Waals surface area contributed by atoms with Crippen molar-refractivity contribution in [3.8, 4) is 17.0 Å². The van der Waals surface area contributed by atoms with Crippen LogP contribution in [0.1, 0.15) is 104 Å². The average Bonchev–Trinajstić information content (AvgIpc) is 2.79. The number of ether oxygens (including phenoxy) is 1. The number of hydrogen-bond acceptors (Lipinski definition) is 2. The summed E-state index contributed by atoms with van der Waals surface area (Å²) < 4.78 is 20.2. The molecule has 0 aliphatic heterocycles. The molecule has 0 saturated carbocycles. The molecule has 0 amide bonds. The van der Waals surface area contributed by atoms with E-state index in [4.69, 9.17) is 4.74 Å².